The lowest BCUT2D eigenvalue weighted by Crippen LogP contribution is -2.56. The van der Waals surface area contributed by atoms with Gasteiger partial charge in [0, 0.05) is 18.3 Å². The van der Waals surface area contributed by atoms with Gasteiger partial charge in [0.1, 0.15) is 6.04 Å². The molecule has 4 fully saturated rings. The Bertz CT molecular complexity index is 921. The van der Waals surface area contributed by atoms with Crippen LogP contribution in [0.4, 0.5) is 0 Å². The lowest BCUT2D eigenvalue weighted by Gasteiger charge is -2.38. The highest BCUT2D eigenvalue weighted by Crippen LogP contribution is 2.67. The Kier molecular flexibility index (Phi) is 6.16. The maximum Gasteiger partial charge on any atom is 0.244 e. The summed E-state index contributed by atoms with van der Waals surface area (Å²) in [5, 5.41) is 16.5. The van der Waals surface area contributed by atoms with Gasteiger partial charge in [-0.05, 0) is 31.2 Å². The molecule has 1 aromatic rings. The van der Waals surface area contributed by atoms with Crippen molar-refractivity contribution in [3.05, 3.63) is 35.9 Å². The van der Waals surface area contributed by atoms with Gasteiger partial charge < -0.3 is 20.6 Å². The number of rotatable bonds is 6. The molecule has 3 N–H and O–H groups in total. The van der Waals surface area contributed by atoms with E-state index in [0.717, 1.165) is 44.1 Å². The monoisotopic (exact) mass is 471 g/mol. The van der Waals surface area contributed by atoms with Gasteiger partial charge >= 0.3 is 0 Å². The number of nitrogens with zero attached hydrogens (tertiary/aromatic N) is 1. The summed E-state index contributed by atoms with van der Waals surface area (Å²) in [6.07, 6.45) is 6.87. The largest absolute Gasteiger partial charge is 0.394 e. The molecule has 1 aliphatic carbocycles. The zero-order valence-corrected chi connectivity index (χ0v) is 19.9. The molecule has 33 heavy (non-hydrogen) atoms. The summed E-state index contributed by atoms with van der Waals surface area (Å²) in [6.45, 7) is -0.273. The highest BCUT2D eigenvalue weighted by atomic mass is 32.2. The fraction of sp³-hybridized carbons (Fsp3) is 0.640. The second-order valence-corrected chi connectivity index (χ2v) is 11.5. The van der Waals surface area contributed by atoms with Crippen molar-refractivity contribution in [3.8, 4) is 0 Å². The number of carbonyl (C=O) groups is 3. The van der Waals surface area contributed by atoms with Crippen LogP contribution in [0.1, 0.15) is 56.6 Å². The first-order chi connectivity index (χ1) is 16.0. The second-order valence-electron chi connectivity index (χ2n) is 9.87. The van der Waals surface area contributed by atoms with Crippen LogP contribution < -0.4 is 10.6 Å². The number of benzene rings is 1. The average molecular weight is 472 g/mol. The minimum atomic E-state index is -0.695. The Morgan fingerprint density at radius 3 is 2.55 bits per heavy atom. The fourth-order valence-corrected chi connectivity index (χ4v) is 8.96. The number of aliphatic hydroxyl groups is 1. The summed E-state index contributed by atoms with van der Waals surface area (Å²) in [4.78, 5) is 42.4. The number of thioether (sulfide) groups is 1. The van der Waals surface area contributed by atoms with Crippen molar-refractivity contribution < 1.29 is 19.5 Å². The minimum Gasteiger partial charge on any atom is -0.394 e. The summed E-state index contributed by atoms with van der Waals surface area (Å²) in [7, 11) is 1.61. The maximum atomic E-state index is 14.0. The van der Waals surface area contributed by atoms with Crippen molar-refractivity contribution in [2.45, 2.75) is 73.1 Å². The Morgan fingerprint density at radius 2 is 1.88 bits per heavy atom. The van der Waals surface area contributed by atoms with Crippen LogP contribution in [-0.4, -0.2) is 63.5 Å². The number of aliphatic hydroxyl groups excluding tert-OH is 1. The standard InChI is InChI=1S/C25H33N3O4S/c1-26-22(30)19-18-12-13-25(33-18)20(19)24(32)28(17(14-29)15-8-4-2-5-9-15)21(25)23(31)27-16-10-6-3-7-11-16/h2,4-5,8-9,16-21,29H,3,6-7,10-14H2,1H3,(H,26,30)(H,27,31)/t17-,18-,19+,20+,21?,25?/m1/s1. The normalized spacial score (nSPS) is 34.2. The molecule has 1 spiro atoms. The van der Waals surface area contributed by atoms with Crippen molar-refractivity contribution in [1.82, 2.24) is 15.5 Å². The smallest absolute Gasteiger partial charge is 0.244 e. The van der Waals surface area contributed by atoms with Crippen molar-refractivity contribution in [1.29, 1.82) is 0 Å². The van der Waals surface area contributed by atoms with E-state index in [0.29, 0.717) is 0 Å². The first kappa shape index (κ1) is 22.7. The molecule has 2 unspecified atom stereocenters. The van der Waals surface area contributed by atoms with E-state index in [2.05, 4.69) is 10.6 Å². The molecule has 8 heteroatoms. The topological polar surface area (TPSA) is 98.7 Å². The Hall–Kier alpha value is -2.06. The van der Waals surface area contributed by atoms with Crippen LogP contribution in [0.25, 0.3) is 0 Å². The zero-order chi connectivity index (χ0) is 23.2. The van der Waals surface area contributed by atoms with Crippen LogP contribution in [-0.2, 0) is 14.4 Å². The van der Waals surface area contributed by atoms with Gasteiger partial charge in [-0.3, -0.25) is 14.4 Å². The summed E-state index contributed by atoms with van der Waals surface area (Å²) >= 11 is 1.66. The quantitative estimate of drug-likeness (QED) is 0.590. The highest BCUT2D eigenvalue weighted by Gasteiger charge is 2.74. The number of nitrogens with one attached hydrogen (secondary N) is 2. The van der Waals surface area contributed by atoms with Crippen LogP contribution in [0, 0.1) is 11.8 Å². The number of amides is 3. The first-order valence-electron chi connectivity index (χ1n) is 12.2. The number of fused-ring (bicyclic) bond motifs is 1. The van der Waals surface area contributed by atoms with E-state index < -0.39 is 28.7 Å². The second kappa shape index (κ2) is 8.95. The van der Waals surface area contributed by atoms with Crippen molar-refractivity contribution in [2.75, 3.05) is 13.7 Å². The molecule has 3 saturated heterocycles. The number of hydrogen-bond donors (Lipinski definition) is 3. The summed E-state index contributed by atoms with van der Waals surface area (Å²) < 4.78 is -0.625. The molecular weight excluding hydrogens is 438 g/mol. The van der Waals surface area contributed by atoms with Crippen molar-refractivity contribution in [2.24, 2.45) is 11.8 Å². The molecule has 4 aliphatic rings. The van der Waals surface area contributed by atoms with E-state index in [-0.39, 0.29) is 35.6 Å². The Labute approximate surface area is 199 Å². The third-order valence-corrected chi connectivity index (χ3v) is 10.1. The van der Waals surface area contributed by atoms with Crippen LogP contribution >= 0.6 is 11.8 Å². The molecule has 3 amide bonds. The number of carbonyl (C=O) groups excluding carboxylic acids is 3. The maximum absolute atomic E-state index is 14.0. The molecule has 0 aromatic heterocycles. The van der Waals surface area contributed by atoms with Gasteiger partial charge in [-0.25, -0.2) is 0 Å². The molecule has 3 heterocycles. The Balaban J connectivity index is 1.55. The van der Waals surface area contributed by atoms with Crippen molar-refractivity contribution >= 4 is 29.5 Å². The van der Waals surface area contributed by atoms with Gasteiger partial charge in [0.05, 0.1) is 29.2 Å². The Morgan fingerprint density at radius 1 is 1.15 bits per heavy atom. The van der Waals surface area contributed by atoms with Gasteiger partial charge in [0.2, 0.25) is 17.7 Å². The number of likely N-dealkylation sites (tertiary alicyclic amines) is 1. The summed E-state index contributed by atoms with van der Waals surface area (Å²) in [5.41, 5.74) is 0.802. The molecule has 2 bridgehead atoms. The minimum absolute atomic E-state index is 0.0512. The molecule has 5 rings (SSSR count). The number of hydrogen-bond acceptors (Lipinski definition) is 5. The predicted octanol–water partition coefficient (Wildman–Crippen LogP) is 2.01. The highest BCUT2D eigenvalue weighted by molar-refractivity contribution is 8.02. The molecule has 1 saturated carbocycles. The average Bonchev–Trinajstić information content (AvgIpc) is 3.48. The lowest BCUT2D eigenvalue weighted by atomic mass is 9.70. The van der Waals surface area contributed by atoms with Crippen LogP contribution in [0.15, 0.2) is 30.3 Å². The molecule has 1 aromatic carbocycles. The molecule has 178 valence electrons. The van der Waals surface area contributed by atoms with Gasteiger partial charge in [-0.15, -0.1) is 11.8 Å². The third kappa shape index (κ3) is 3.57. The molecule has 6 atom stereocenters. The van der Waals surface area contributed by atoms with E-state index in [1.807, 2.05) is 30.3 Å². The van der Waals surface area contributed by atoms with E-state index in [4.69, 9.17) is 0 Å². The van der Waals surface area contributed by atoms with Crippen LogP contribution in [0.5, 0.6) is 0 Å². The van der Waals surface area contributed by atoms with E-state index in [9.17, 15) is 19.5 Å². The predicted molar refractivity (Wildman–Crippen MR) is 126 cm³/mol. The summed E-state index contributed by atoms with van der Waals surface area (Å²) in [5.74, 6) is -1.41. The van der Waals surface area contributed by atoms with Crippen LogP contribution in [0.2, 0.25) is 0 Å². The first-order valence-corrected chi connectivity index (χ1v) is 13.1. The van der Waals surface area contributed by atoms with E-state index >= 15 is 0 Å². The van der Waals surface area contributed by atoms with Crippen molar-refractivity contribution in [3.63, 3.8) is 0 Å². The van der Waals surface area contributed by atoms with Gasteiger partial charge in [-0.1, -0.05) is 49.6 Å². The van der Waals surface area contributed by atoms with Gasteiger partial charge in [0.25, 0.3) is 0 Å². The molecular formula is C25H33N3O4S. The molecule has 3 aliphatic heterocycles. The third-order valence-electron chi connectivity index (χ3n) is 8.18. The van der Waals surface area contributed by atoms with E-state index in [1.165, 1.54) is 6.42 Å². The molecule has 7 nitrogen and oxygen atoms in total. The van der Waals surface area contributed by atoms with E-state index in [1.54, 1.807) is 23.7 Å². The zero-order valence-electron chi connectivity index (χ0n) is 19.0. The molecule has 0 radical (unpaired) electrons. The lowest BCUT2D eigenvalue weighted by molar-refractivity contribution is -0.143. The SMILES string of the molecule is CNC(=O)[C@@H]1[C@H]2C(=O)N([C@H](CO)c3ccccc3)C(C(=O)NC3CCCCC3)C23CC[C@H]1S3. The van der Waals surface area contributed by atoms with Gasteiger partial charge in [0.15, 0.2) is 0 Å². The van der Waals surface area contributed by atoms with Crippen LogP contribution in [0.3, 0.4) is 0 Å². The summed E-state index contributed by atoms with van der Waals surface area (Å²) in [6, 6.07) is 8.23. The van der Waals surface area contributed by atoms with Gasteiger partial charge in [-0.2, -0.15) is 0 Å². The fourth-order valence-electron chi connectivity index (χ4n) is 6.75.